The first-order chi connectivity index (χ1) is 8.19. The first-order valence-electron chi connectivity index (χ1n) is 5.27. The van der Waals surface area contributed by atoms with Crippen LogP contribution in [0.15, 0.2) is 22.7 Å². The van der Waals surface area contributed by atoms with E-state index in [0.29, 0.717) is 31.1 Å². The molecule has 0 aromatic heterocycles. The van der Waals surface area contributed by atoms with E-state index in [0.717, 1.165) is 4.47 Å². The Bertz CT molecular complexity index is 379. The molecular formula is C12H15BrO4. The van der Waals surface area contributed by atoms with Crippen LogP contribution in [-0.4, -0.2) is 32.9 Å². The van der Waals surface area contributed by atoms with E-state index in [1.165, 1.54) is 0 Å². The molecule has 0 saturated carbocycles. The SMILES string of the molecule is CCOC(=O)c1ccc(OCCOC)c(Br)c1. The highest BCUT2D eigenvalue weighted by molar-refractivity contribution is 9.10. The zero-order chi connectivity index (χ0) is 12.7. The predicted octanol–water partition coefficient (Wildman–Crippen LogP) is 2.65. The lowest BCUT2D eigenvalue weighted by atomic mass is 10.2. The highest BCUT2D eigenvalue weighted by Gasteiger charge is 2.09. The van der Waals surface area contributed by atoms with Gasteiger partial charge in [-0.3, -0.25) is 0 Å². The summed E-state index contributed by atoms with van der Waals surface area (Å²) in [5.41, 5.74) is 0.498. The van der Waals surface area contributed by atoms with Crippen LogP contribution in [0.1, 0.15) is 17.3 Å². The Morgan fingerprint density at radius 1 is 1.35 bits per heavy atom. The van der Waals surface area contributed by atoms with E-state index in [4.69, 9.17) is 14.2 Å². The number of methoxy groups -OCH3 is 1. The van der Waals surface area contributed by atoms with E-state index in [2.05, 4.69) is 15.9 Å². The van der Waals surface area contributed by atoms with Gasteiger partial charge < -0.3 is 14.2 Å². The Labute approximate surface area is 109 Å². The third-order valence-electron chi connectivity index (χ3n) is 1.99. The van der Waals surface area contributed by atoms with Crippen molar-refractivity contribution >= 4 is 21.9 Å². The third kappa shape index (κ3) is 4.36. The van der Waals surface area contributed by atoms with E-state index < -0.39 is 0 Å². The Kier molecular flexibility index (Phi) is 6.00. The normalized spacial score (nSPS) is 10.1. The van der Waals surface area contributed by atoms with Crippen LogP contribution in [0.3, 0.4) is 0 Å². The number of hydrogen-bond acceptors (Lipinski definition) is 4. The summed E-state index contributed by atoms with van der Waals surface area (Å²) in [5.74, 6) is 0.340. The first-order valence-corrected chi connectivity index (χ1v) is 6.06. The van der Waals surface area contributed by atoms with E-state index in [1.54, 1.807) is 32.2 Å². The number of carbonyl (C=O) groups is 1. The molecule has 0 atom stereocenters. The lowest BCUT2D eigenvalue weighted by Crippen LogP contribution is -2.07. The second-order valence-electron chi connectivity index (χ2n) is 3.21. The van der Waals surface area contributed by atoms with Gasteiger partial charge >= 0.3 is 5.97 Å². The van der Waals surface area contributed by atoms with Gasteiger partial charge in [-0.15, -0.1) is 0 Å². The number of hydrogen-bond donors (Lipinski definition) is 0. The van der Waals surface area contributed by atoms with Crippen molar-refractivity contribution in [2.45, 2.75) is 6.92 Å². The molecule has 1 aromatic rings. The zero-order valence-electron chi connectivity index (χ0n) is 9.86. The van der Waals surface area contributed by atoms with Crippen molar-refractivity contribution in [2.75, 3.05) is 26.9 Å². The molecule has 0 heterocycles. The second kappa shape index (κ2) is 7.29. The van der Waals surface area contributed by atoms with Crippen molar-refractivity contribution < 1.29 is 19.0 Å². The number of ether oxygens (including phenoxy) is 3. The summed E-state index contributed by atoms with van der Waals surface area (Å²) in [6.45, 7) is 3.12. The number of esters is 1. The average molecular weight is 303 g/mol. The van der Waals surface area contributed by atoms with E-state index >= 15 is 0 Å². The quantitative estimate of drug-likeness (QED) is 0.598. The molecule has 0 amide bonds. The number of halogens is 1. The molecule has 94 valence electrons. The standard InChI is InChI=1S/C12H15BrO4/c1-3-16-12(14)9-4-5-11(10(13)8-9)17-7-6-15-2/h4-5,8H,3,6-7H2,1-2H3. The summed E-state index contributed by atoms with van der Waals surface area (Å²) in [5, 5.41) is 0. The van der Waals surface area contributed by atoms with Gasteiger partial charge in [-0.05, 0) is 41.1 Å². The molecule has 17 heavy (non-hydrogen) atoms. The molecule has 0 radical (unpaired) electrons. The summed E-state index contributed by atoms with van der Waals surface area (Å²) in [6.07, 6.45) is 0. The number of benzene rings is 1. The summed E-state index contributed by atoms with van der Waals surface area (Å²) in [4.78, 5) is 11.5. The maximum atomic E-state index is 11.5. The molecule has 0 bridgehead atoms. The topological polar surface area (TPSA) is 44.8 Å². The Balaban J connectivity index is 2.68. The van der Waals surface area contributed by atoms with Crippen LogP contribution in [-0.2, 0) is 9.47 Å². The molecule has 1 aromatic carbocycles. The Hall–Kier alpha value is -1.07. The van der Waals surface area contributed by atoms with Crippen LogP contribution in [0.4, 0.5) is 0 Å². The van der Waals surface area contributed by atoms with Crippen LogP contribution >= 0.6 is 15.9 Å². The van der Waals surface area contributed by atoms with Gasteiger partial charge in [0.15, 0.2) is 0 Å². The predicted molar refractivity (Wildman–Crippen MR) is 67.5 cm³/mol. The monoisotopic (exact) mass is 302 g/mol. The van der Waals surface area contributed by atoms with Gasteiger partial charge in [-0.25, -0.2) is 4.79 Å². The minimum atomic E-state index is -0.336. The van der Waals surface area contributed by atoms with E-state index in [-0.39, 0.29) is 5.97 Å². The first kappa shape index (κ1) is 14.0. The lowest BCUT2D eigenvalue weighted by Gasteiger charge is -2.09. The number of rotatable bonds is 6. The fourth-order valence-corrected chi connectivity index (χ4v) is 1.69. The molecule has 0 spiro atoms. The third-order valence-corrected chi connectivity index (χ3v) is 2.61. The highest BCUT2D eigenvalue weighted by Crippen LogP contribution is 2.26. The fraction of sp³-hybridized carbons (Fsp3) is 0.417. The van der Waals surface area contributed by atoms with Gasteiger partial charge in [-0.1, -0.05) is 0 Å². The van der Waals surface area contributed by atoms with Crippen LogP contribution in [0, 0.1) is 0 Å². The molecule has 4 nitrogen and oxygen atoms in total. The van der Waals surface area contributed by atoms with Gasteiger partial charge in [-0.2, -0.15) is 0 Å². The molecule has 0 N–H and O–H groups in total. The van der Waals surface area contributed by atoms with Crippen LogP contribution in [0.25, 0.3) is 0 Å². The minimum Gasteiger partial charge on any atom is -0.490 e. The molecule has 0 unspecified atom stereocenters. The van der Waals surface area contributed by atoms with Gasteiger partial charge in [0.25, 0.3) is 0 Å². The molecule has 0 aliphatic carbocycles. The molecule has 0 aliphatic rings. The molecular weight excluding hydrogens is 288 g/mol. The van der Waals surface area contributed by atoms with Crippen molar-refractivity contribution in [1.29, 1.82) is 0 Å². The van der Waals surface area contributed by atoms with Crippen LogP contribution in [0.2, 0.25) is 0 Å². The van der Waals surface area contributed by atoms with Crippen LogP contribution in [0.5, 0.6) is 5.75 Å². The fourth-order valence-electron chi connectivity index (χ4n) is 1.19. The minimum absolute atomic E-state index is 0.336. The molecule has 0 aliphatic heterocycles. The zero-order valence-corrected chi connectivity index (χ0v) is 11.5. The van der Waals surface area contributed by atoms with E-state index in [9.17, 15) is 4.79 Å². The largest absolute Gasteiger partial charge is 0.490 e. The smallest absolute Gasteiger partial charge is 0.338 e. The van der Waals surface area contributed by atoms with Crippen molar-refractivity contribution in [2.24, 2.45) is 0 Å². The molecule has 1 rings (SSSR count). The summed E-state index contributed by atoms with van der Waals surface area (Å²) >= 11 is 3.35. The maximum Gasteiger partial charge on any atom is 0.338 e. The van der Waals surface area contributed by atoms with Gasteiger partial charge in [0.2, 0.25) is 0 Å². The lowest BCUT2D eigenvalue weighted by molar-refractivity contribution is 0.0526. The second-order valence-corrected chi connectivity index (χ2v) is 4.06. The summed E-state index contributed by atoms with van der Waals surface area (Å²) < 4.78 is 16.0. The average Bonchev–Trinajstić information content (AvgIpc) is 2.31. The van der Waals surface area contributed by atoms with E-state index in [1.807, 2.05) is 0 Å². The van der Waals surface area contributed by atoms with Crippen LogP contribution < -0.4 is 4.74 Å². The van der Waals surface area contributed by atoms with Gasteiger partial charge in [0.05, 0.1) is 23.2 Å². The number of carbonyl (C=O) groups excluding carboxylic acids is 1. The van der Waals surface area contributed by atoms with Gasteiger partial charge in [0, 0.05) is 7.11 Å². The molecule has 5 heteroatoms. The summed E-state index contributed by atoms with van der Waals surface area (Å²) in [7, 11) is 1.61. The molecule has 0 saturated heterocycles. The highest BCUT2D eigenvalue weighted by atomic mass is 79.9. The summed E-state index contributed by atoms with van der Waals surface area (Å²) in [6, 6.07) is 5.08. The van der Waals surface area contributed by atoms with Crippen molar-refractivity contribution in [3.05, 3.63) is 28.2 Å². The Morgan fingerprint density at radius 2 is 2.12 bits per heavy atom. The Morgan fingerprint density at radius 3 is 2.71 bits per heavy atom. The van der Waals surface area contributed by atoms with Crippen molar-refractivity contribution in [3.63, 3.8) is 0 Å². The van der Waals surface area contributed by atoms with Crippen molar-refractivity contribution in [3.8, 4) is 5.75 Å². The maximum absolute atomic E-state index is 11.5. The molecule has 0 fully saturated rings. The van der Waals surface area contributed by atoms with Gasteiger partial charge in [0.1, 0.15) is 12.4 Å². The van der Waals surface area contributed by atoms with Crippen molar-refractivity contribution in [1.82, 2.24) is 0 Å².